The minimum Gasteiger partial charge on any atom is -0.495 e. The molecular weight excluding hydrogens is 310 g/mol. The van der Waals surface area contributed by atoms with E-state index in [0.717, 1.165) is 5.56 Å². The molecule has 0 saturated carbocycles. The number of ether oxygens (including phenoxy) is 1. The summed E-state index contributed by atoms with van der Waals surface area (Å²) in [5.74, 6) is 0.183. The molecule has 2 rings (SSSR count). The maximum Gasteiger partial charge on any atom is 0.277 e. The zero-order chi connectivity index (χ0) is 15.9. The smallest absolute Gasteiger partial charge is 0.277 e. The number of methoxy groups -OCH3 is 1. The van der Waals surface area contributed by atoms with Crippen LogP contribution in [0.3, 0.4) is 0 Å². The lowest BCUT2D eigenvalue weighted by atomic mass is 10.2. The van der Waals surface area contributed by atoms with Gasteiger partial charge in [0.1, 0.15) is 5.75 Å². The third-order valence-corrected chi connectivity index (χ3v) is 3.16. The molecular formula is C13H16ClN5O3. The molecule has 0 radical (unpaired) electrons. The van der Waals surface area contributed by atoms with E-state index >= 15 is 0 Å². The van der Waals surface area contributed by atoms with Crippen molar-refractivity contribution in [3.63, 3.8) is 0 Å². The molecule has 0 aliphatic heterocycles. The number of carbonyl (C=O) groups excluding carboxylic acids is 1. The van der Waals surface area contributed by atoms with Gasteiger partial charge in [-0.05, 0) is 28.0 Å². The Morgan fingerprint density at radius 1 is 1.41 bits per heavy atom. The van der Waals surface area contributed by atoms with Gasteiger partial charge in [0.05, 0.1) is 12.1 Å². The summed E-state index contributed by atoms with van der Waals surface area (Å²) in [4.78, 5) is 11.7. The van der Waals surface area contributed by atoms with Gasteiger partial charge in [0.25, 0.3) is 5.91 Å². The van der Waals surface area contributed by atoms with E-state index in [9.17, 15) is 4.79 Å². The fraction of sp³-hybridized carbons (Fsp3) is 0.308. The predicted molar refractivity (Wildman–Crippen MR) is 80.8 cm³/mol. The van der Waals surface area contributed by atoms with Crippen LogP contribution in [0.2, 0.25) is 5.02 Å². The van der Waals surface area contributed by atoms with Crippen LogP contribution in [0, 0.1) is 0 Å². The highest BCUT2D eigenvalue weighted by atomic mass is 35.5. The first-order chi connectivity index (χ1) is 10.6. The standard InChI is InChI=1S/C13H16ClN5O3/c1-21-10-3-2-8(6-9(10)14)7-16-4-5-17-13(20)11-12(15)19-22-18-11/h2-3,6,16H,4-5,7H2,1H3,(H2,15,19)(H,17,20). The van der Waals surface area contributed by atoms with Crippen molar-refractivity contribution in [3.8, 4) is 5.75 Å². The second-order valence-electron chi connectivity index (χ2n) is 4.40. The van der Waals surface area contributed by atoms with Crippen LogP contribution in [-0.4, -0.2) is 36.4 Å². The van der Waals surface area contributed by atoms with Gasteiger partial charge in [0.2, 0.25) is 11.5 Å². The first kappa shape index (κ1) is 16.1. The van der Waals surface area contributed by atoms with Gasteiger partial charge in [-0.3, -0.25) is 4.79 Å². The van der Waals surface area contributed by atoms with Crippen molar-refractivity contribution in [2.24, 2.45) is 0 Å². The Morgan fingerprint density at radius 3 is 2.86 bits per heavy atom. The molecule has 0 aliphatic rings. The van der Waals surface area contributed by atoms with Gasteiger partial charge >= 0.3 is 0 Å². The Labute approximate surface area is 131 Å². The van der Waals surface area contributed by atoms with E-state index in [0.29, 0.717) is 30.4 Å². The molecule has 1 aromatic heterocycles. The number of amides is 1. The zero-order valence-electron chi connectivity index (χ0n) is 11.9. The van der Waals surface area contributed by atoms with Gasteiger partial charge in [-0.15, -0.1) is 0 Å². The lowest BCUT2D eigenvalue weighted by Gasteiger charge is -2.08. The Morgan fingerprint density at radius 2 is 2.23 bits per heavy atom. The minimum absolute atomic E-state index is 0.0121. The highest BCUT2D eigenvalue weighted by Crippen LogP contribution is 2.24. The average Bonchev–Trinajstić information content (AvgIpc) is 2.93. The highest BCUT2D eigenvalue weighted by Gasteiger charge is 2.14. The summed E-state index contributed by atoms with van der Waals surface area (Å²) in [5.41, 5.74) is 6.42. The van der Waals surface area contributed by atoms with Crippen molar-refractivity contribution in [2.45, 2.75) is 6.54 Å². The van der Waals surface area contributed by atoms with Crippen LogP contribution in [0.4, 0.5) is 5.82 Å². The van der Waals surface area contributed by atoms with Crippen molar-refractivity contribution in [3.05, 3.63) is 34.5 Å². The fourth-order valence-electron chi connectivity index (χ4n) is 1.75. The Kier molecular flexibility index (Phi) is 5.56. The van der Waals surface area contributed by atoms with Gasteiger partial charge in [0, 0.05) is 19.6 Å². The number of nitrogens with zero attached hydrogens (tertiary/aromatic N) is 2. The number of rotatable bonds is 7. The maximum absolute atomic E-state index is 11.7. The number of carbonyl (C=O) groups is 1. The van der Waals surface area contributed by atoms with Crippen molar-refractivity contribution in [2.75, 3.05) is 25.9 Å². The van der Waals surface area contributed by atoms with Crippen LogP contribution in [0.15, 0.2) is 22.8 Å². The van der Waals surface area contributed by atoms with Crippen LogP contribution in [0.5, 0.6) is 5.75 Å². The normalized spacial score (nSPS) is 10.5. The lowest BCUT2D eigenvalue weighted by Crippen LogP contribution is -2.32. The third-order valence-electron chi connectivity index (χ3n) is 2.86. The molecule has 0 unspecified atom stereocenters. The van der Waals surface area contributed by atoms with Crippen molar-refractivity contribution in [1.29, 1.82) is 0 Å². The monoisotopic (exact) mass is 325 g/mol. The van der Waals surface area contributed by atoms with Crippen LogP contribution in [0.1, 0.15) is 16.1 Å². The van der Waals surface area contributed by atoms with E-state index in [1.807, 2.05) is 18.2 Å². The SMILES string of the molecule is COc1ccc(CNCCNC(=O)c2nonc2N)cc1Cl. The number of nitrogen functional groups attached to an aromatic ring is 1. The summed E-state index contributed by atoms with van der Waals surface area (Å²) < 4.78 is 9.44. The van der Waals surface area contributed by atoms with Crippen LogP contribution in [0.25, 0.3) is 0 Å². The second-order valence-corrected chi connectivity index (χ2v) is 4.81. The number of hydrogen-bond acceptors (Lipinski definition) is 7. The van der Waals surface area contributed by atoms with E-state index in [1.165, 1.54) is 0 Å². The van der Waals surface area contributed by atoms with Gasteiger partial charge in [-0.2, -0.15) is 0 Å². The van der Waals surface area contributed by atoms with Crippen molar-refractivity contribution >= 4 is 23.3 Å². The summed E-state index contributed by atoms with van der Waals surface area (Å²) in [6.45, 7) is 1.60. The summed E-state index contributed by atoms with van der Waals surface area (Å²) in [6, 6.07) is 5.55. The van der Waals surface area contributed by atoms with Crippen LogP contribution in [-0.2, 0) is 6.54 Å². The Balaban J connectivity index is 1.70. The van der Waals surface area contributed by atoms with Gasteiger partial charge < -0.3 is 21.1 Å². The van der Waals surface area contributed by atoms with E-state index < -0.39 is 5.91 Å². The van der Waals surface area contributed by atoms with E-state index in [2.05, 4.69) is 25.6 Å². The molecule has 1 aromatic carbocycles. The first-order valence-corrected chi connectivity index (χ1v) is 6.89. The maximum atomic E-state index is 11.7. The molecule has 1 amide bonds. The molecule has 2 aromatic rings. The molecule has 0 bridgehead atoms. The molecule has 8 nitrogen and oxygen atoms in total. The summed E-state index contributed by atoms with van der Waals surface area (Å²) in [6.07, 6.45) is 0. The van der Waals surface area contributed by atoms with Crippen LogP contribution >= 0.6 is 11.6 Å². The number of benzene rings is 1. The first-order valence-electron chi connectivity index (χ1n) is 6.51. The quantitative estimate of drug-likeness (QED) is 0.646. The molecule has 0 atom stereocenters. The van der Waals surface area contributed by atoms with Crippen molar-refractivity contribution < 1.29 is 14.2 Å². The second kappa shape index (κ2) is 7.62. The van der Waals surface area contributed by atoms with E-state index in [-0.39, 0.29) is 11.5 Å². The van der Waals surface area contributed by atoms with E-state index in [4.69, 9.17) is 22.1 Å². The summed E-state index contributed by atoms with van der Waals surface area (Å²) >= 11 is 6.04. The number of nitrogens with two attached hydrogens (primary N) is 1. The summed E-state index contributed by atoms with van der Waals surface area (Å²) in [5, 5.41) is 13.1. The number of anilines is 1. The molecule has 4 N–H and O–H groups in total. The minimum atomic E-state index is -0.423. The largest absolute Gasteiger partial charge is 0.495 e. The summed E-state index contributed by atoms with van der Waals surface area (Å²) in [7, 11) is 1.57. The average molecular weight is 326 g/mol. The lowest BCUT2D eigenvalue weighted by molar-refractivity contribution is 0.0944. The molecule has 9 heteroatoms. The number of hydrogen-bond donors (Lipinski definition) is 3. The molecule has 1 heterocycles. The van der Waals surface area contributed by atoms with Gasteiger partial charge in [0.15, 0.2) is 0 Å². The molecule has 0 spiro atoms. The molecule has 0 saturated heterocycles. The topological polar surface area (TPSA) is 115 Å². The fourth-order valence-corrected chi connectivity index (χ4v) is 2.03. The van der Waals surface area contributed by atoms with E-state index in [1.54, 1.807) is 7.11 Å². The Hall–Kier alpha value is -2.32. The zero-order valence-corrected chi connectivity index (χ0v) is 12.7. The van der Waals surface area contributed by atoms with Gasteiger partial charge in [-0.1, -0.05) is 17.7 Å². The Bertz CT molecular complexity index is 646. The highest BCUT2D eigenvalue weighted by molar-refractivity contribution is 6.32. The number of aromatic nitrogens is 2. The van der Waals surface area contributed by atoms with Crippen LogP contribution < -0.4 is 21.1 Å². The number of halogens is 1. The predicted octanol–water partition coefficient (Wildman–Crippen LogP) is 0.833. The molecule has 118 valence electrons. The van der Waals surface area contributed by atoms with Crippen molar-refractivity contribution in [1.82, 2.24) is 20.9 Å². The van der Waals surface area contributed by atoms with Gasteiger partial charge in [-0.25, -0.2) is 4.63 Å². The third kappa shape index (κ3) is 4.09. The molecule has 0 fully saturated rings. The molecule has 0 aliphatic carbocycles. The molecule has 22 heavy (non-hydrogen) atoms. The number of nitrogens with one attached hydrogen (secondary N) is 2.